The van der Waals surface area contributed by atoms with E-state index in [4.69, 9.17) is 23.7 Å². The molecule has 168 valence electrons. The first-order valence-electron chi connectivity index (χ1n) is 11.7. The Balaban J connectivity index is 1.70. The smallest absolute Gasteiger partial charge is 0.158 e. The summed E-state index contributed by atoms with van der Waals surface area (Å²) in [5.74, 6) is 0.398. The number of rotatable bonds is 11. The number of hydrogen-bond acceptors (Lipinski definition) is 6. The molecule has 0 aromatic carbocycles. The standard InChI is InChI=1S/C23H41NO5/c1-3-4-6-14-27-20-18-21(29-22-10-5-7-15-28-22)23(19(20)9-8-13-25-2)24-11-16-26-17-12-24/h8,13,19-23H,3-7,9-12,14-18H2,1-2H3. The Morgan fingerprint density at radius 1 is 1.07 bits per heavy atom. The predicted octanol–water partition coefficient (Wildman–Crippen LogP) is 3.74. The van der Waals surface area contributed by atoms with Crippen molar-refractivity contribution < 1.29 is 23.7 Å². The first-order valence-corrected chi connectivity index (χ1v) is 11.7. The molecule has 0 N–H and O–H groups in total. The van der Waals surface area contributed by atoms with Gasteiger partial charge in [0.15, 0.2) is 6.29 Å². The monoisotopic (exact) mass is 411 g/mol. The van der Waals surface area contributed by atoms with Crippen LogP contribution in [0.4, 0.5) is 0 Å². The van der Waals surface area contributed by atoms with E-state index in [1.54, 1.807) is 13.4 Å². The number of methoxy groups -OCH3 is 1. The van der Waals surface area contributed by atoms with Crippen molar-refractivity contribution in [1.29, 1.82) is 0 Å². The van der Waals surface area contributed by atoms with Gasteiger partial charge < -0.3 is 23.7 Å². The van der Waals surface area contributed by atoms with Crippen molar-refractivity contribution in [3.05, 3.63) is 12.3 Å². The highest BCUT2D eigenvalue weighted by atomic mass is 16.7. The van der Waals surface area contributed by atoms with Gasteiger partial charge in [0.2, 0.25) is 0 Å². The molecule has 3 rings (SSSR count). The van der Waals surface area contributed by atoms with Gasteiger partial charge in [-0.3, -0.25) is 4.90 Å². The molecular weight excluding hydrogens is 370 g/mol. The maximum atomic E-state index is 6.57. The van der Waals surface area contributed by atoms with Crippen LogP contribution in [-0.2, 0) is 23.7 Å². The number of allylic oxidation sites excluding steroid dienone is 1. The Kier molecular flexibility index (Phi) is 10.2. The molecule has 0 radical (unpaired) electrons. The molecule has 29 heavy (non-hydrogen) atoms. The molecule has 0 aromatic heterocycles. The fraction of sp³-hybridized carbons (Fsp3) is 0.913. The molecule has 5 atom stereocenters. The van der Waals surface area contributed by atoms with Crippen molar-refractivity contribution >= 4 is 0 Å². The highest BCUT2D eigenvalue weighted by Crippen LogP contribution is 2.39. The van der Waals surface area contributed by atoms with Gasteiger partial charge >= 0.3 is 0 Å². The molecule has 0 bridgehead atoms. The van der Waals surface area contributed by atoms with E-state index in [0.717, 1.165) is 71.6 Å². The van der Waals surface area contributed by atoms with Crippen LogP contribution in [0.1, 0.15) is 58.3 Å². The van der Waals surface area contributed by atoms with Gasteiger partial charge in [-0.05, 0) is 38.2 Å². The molecule has 1 aliphatic carbocycles. The zero-order chi connectivity index (χ0) is 20.3. The molecule has 2 heterocycles. The fourth-order valence-electron chi connectivity index (χ4n) is 4.95. The molecule has 0 aromatic rings. The van der Waals surface area contributed by atoms with Gasteiger partial charge in [-0.1, -0.05) is 19.8 Å². The van der Waals surface area contributed by atoms with Crippen molar-refractivity contribution in [3.63, 3.8) is 0 Å². The van der Waals surface area contributed by atoms with Crippen molar-refractivity contribution in [2.24, 2.45) is 5.92 Å². The third-order valence-corrected chi connectivity index (χ3v) is 6.41. The lowest BCUT2D eigenvalue weighted by molar-refractivity contribution is -0.200. The summed E-state index contributed by atoms with van der Waals surface area (Å²) in [7, 11) is 1.70. The Morgan fingerprint density at radius 3 is 2.66 bits per heavy atom. The quantitative estimate of drug-likeness (QED) is 0.381. The summed E-state index contributed by atoms with van der Waals surface area (Å²) in [6.07, 6.45) is 13.0. The lowest BCUT2D eigenvalue weighted by Gasteiger charge is -2.39. The Labute approximate surface area is 176 Å². The first-order chi connectivity index (χ1) is 14.3. The van der Waals surface area contributed by atoms with E-state index in [0.29, 0.717) is 12.0 Å². The van der Waals surface area contributed by atoms with E-state index in [1.807, 2.05) is 0 Å². The second-order valence-corrected chi connectivity index (χ2v) is 8.47. The molecule has 5 unspecified atom stereocenters. The second-order valence-electron chi connectivity index (χ2n) is 8.47. The van der Waals surface area contributed by atoms with E-state index >= 15 is 0 Å². The van der Waals surface area contributed by atoms with Gasteiger partial charge in [0, 0.05) is 44.7 Å². The van der Waals surface area contributed by atoms with E-state index in [-0.39, 0.29) is 18.5 Å². The summed E-state index contributed by atoms with van der Waals surface area (Å²) < 4.78 is 29.7. The molecular formula is C23H41NO5. The molecule has 2 saturated heterocycles. The van der Waals surface area contributed by atoms with Gasteiger partial charge in [-0.25, -0.2) is 0 Å². The molecule has 0 spiro atoms. The summed E-state index contributed by atoms with van der Waals surface area (Å²) in [6, 6.07) is 0.335. The summed E-state index contributed by atoms with van der Waals surface area (Å²) in [5.41, 5.74) is 0. The van der Waals surface area contributed by atoms with Crippen LogP contribution in [0.5, 0.6) is 0 Å². The summed E-state index contributed by atoms with van der Waals surface area (Å²) in [4.78, 5) is 2.57. The van der Waals surface area contributed by atoms with Crippen LogP contribution in [0.25, 0.3) is 0 Å². The van der Waals surface area contributed by atoms with Gasteiger partial charge in [-0.15, -0.1) is 0 Å². The number of morpholine rings is 1. The number of nitrogens with zero attached hydrogens (tertiary/aromatic N) is 1. The Morgan fingerprint density at radius 2 is 1.93 bits per heavy atom. The topological polar surface area (TPSA) is 49.4 Å². The van der Waals surface area contributed by atoms with Gasteiger partial charge in [0.05, 0.1) is 38.8 Å². The van der Waals surface area contributed by atoms with Crippen molar-refractivity contribution in [2.75, 3.05) is 46.6 Å². The van der Waals surface area contributed by atoms with Crippen LogP contribution >= 0.6 is 0 Å². The molecule has 2 aliphatic heterocycles. The second kappa shape index (κ2) is 12.9. The molecule has 6 heteroatoms. The molecule has 3 aliphatic rings. The van der Waals surface area contributed by atoms with E-state index in [9.17, 15) is 0 Å². The first kappa shape index (κ1) is 23.0. The van der Waals surface area contributed by atoms with Gasteiger partial charge in [-0.2, -0.15) is 0 Å². The summed E-state index contributed by atoms with van der Waals surface area (Å²) >= 11 is 0. The minimum atomic E-state index is -0.0636. The molecule has 0 amide bonds. The largest absolute Gasteiger partial charge is 0.505 e. The van der Waals surface area contributed by atoms with Crippen LogP contribution in [0.3, 0.4) is 0 Å². The molecule has 6 nitrogen and oxygen atoms in total. The zero-order valence-corrected chi connectivity index (χ0v) is 18.4. The van der Waals surface area contributed by atoms with Crippen LogP contribution in [0.2, 0.25) is 0 Å². The molecule has 3 fully saturated rings. The van der Waals surface area contributed by atoms with Gasteiger partial charge in [0.25, 0.3) is 0 Å². The fourth-order valence-corrected chi connectivity index (χ4v) is 4.95. The third-order valence-electron chi connectivity index (χ3n) is 6.41. The average molecular weight is 412 g/mol. The highest BCUT2D eigenvalue weighted by Gasteiger charge is 2.48. The summed E-state index contributed by atoms with van der Waals surface area (Å²) in [5, 5.41) is 0. The minimum Gasteiger partial charge on any atom is -0.505 e. The van der Waals surface area contributed by atoms with E-state index in [2.05, 4.69) is 17.9 Å². The number of hydrogen-bond donors (Lipinski definition) is 0. The average Bonchev–Trinajstić information content (AvgIpc) is 3.09. The molecule has 1 saturated carbocycles. The minimum absolute atomic E-state index is 0.0636. The number of unbranched alkanes of at least 4 members (excludes halogenated alkanes) is 2. The lowest BCUT2D eigenvalue weighted by Crippen LogP contribution is -2.51. The Bertz CT molecular complexity index is 462. The maximum absolute atomic E-state index is 6.57. The number of ether oxygens (including phenoxy) is 5. The normalized spacial score (nSPS) is 34.1. The van der Waals surface area contributed by atoms with Crippen LogP contribution < -0.4 is 0 Å². The highest BCUT2D eigenvalue weighted by molar-refractivity contribution is 5.02. The van der Waals surface area contributed by atoms with E-state index < -0.39 is 0 Å². The Hall–Kier alpha value is -0.660. The van der Waals surface area contributed by atoms with Crippen LogP contribution in [0.15, 0.2) is 12.3 Å². The van der Waals surface area contributed by atoms with Crippen LogP contribution in [0, 0.1) is 5.92 Å². The predicted molar refractivity (Wildman–Crippen MR) is 113 cm³/mol. The van der Waals surface area contributed by atoms with Crippen LogP contribution in [-0.4, -0.2) is 76.1 Å². The summed E-state index contributed by atoms with van der Waals surface area (Å²) in [6.45, 7) is 7.41. The van der Waals surface area contributed by atoms with Crippen molar-refractivity contribution in [3.8, 4) is 0 Å². The lowest BCUT2D eigenvalue weighted by atomic mass is 9.95. The zero-order valence-electron chi connectivity index (χ0n) is 18.4. The van der Waals surface area contributed by atoms with Crippen molar-refractivity contribution in [2.45, 2.75) is 82.8 Å². The van der Waals surface area contributed by atoms with Crippen molar-refractivity contribution in [1.82, 2.24) is 4.90 Å². The third kappa shape index (κ3) is 6.93. The van der Waals surface area contributed by atoms with E-state index in [1.165, 1.54) is 19.3 Å². The SMILES string of the molecule is CCCCCOC1CC(OC2CCCCO2)C(N2CCOCC2)C1CC=COC. The van der Waals surface area contributed by atoms with Gasteiger partial charge in [0.1, 0.15) is 0 Å². The maximum Gasteiger partial charge on any atom is 0.158 e.